The number of nitrogens with one attached hydrogen (secondary N) is 3. The maximum atomic E-state index is 12.8. The number of rotatable bonds is 18. The van der Waals surface area contributed by atoms with Gasteiger partial charge in [0.1, 0.15) is 24.2 Å². The highest BCUT2D eigenvalue weighted by molar-refractivity contribution is 5.89. The van der Waals surface area contributed by atoms with Crippen LogP contribution in [0.2, 0.25) is 0 Å². The topological polar surface area (TPSA) is 234 Å². The lowest BCUT2D eigenvalue weighted by atomic mass is 9.79. The van der Waals surface area contributed by atoms with Crippen molar-refractivity contribution < 1.29 is 48.8 Å². The lowest BCUT2D eigenvalue weighted by Gasteiger charge is -2.30. The van der Waals surface area contributed by atoms with Crippen LogP contribution < -0.4 is 21.7 Å². The van der Waals surface area contributed by atoms with Gasteiger partial charge in [0.2, 0.25) is 11.8 Å². The normalized spacial score (nSPS) is 20.4. The molecule has 1 fully saturated rings. The number of hydrogen-bond acceptors (Lipinski definition) is 8. The Morgan fingerprint density at radius 1 is 0.829 bits per heavy atom. The van der Waals surface area contributed by atoms with Crippen molar-refractivity contribution in [2.75, 3.05) is 0 Å². The van der Waals surface area contributed by atoms with E-state index in [1.54, 1.807) is 0 Å². The molecule has 0 heterocycles. The number of carboxylic acids is 3. The highest BCUT2D eigenvalue weighted by atomic mass is 16.6. The van der Waals surface area contributed by atoms with Gasteiger partial charge < -0.3 is 41.7 Å². The highest BCUT2D eigenvalue weighted by Gasteiger charge is 2.34. The van der Waals surface area contributed by atoms with Crippen molar-refractivity contribution in [2.45, 2.75) is 122 Å². The number of nitrogens with two attached hydrogens (primary N) is 1. The molecule has 234 valence electrons. The average molecular weight is 587 g/mol. The third kappa shape index (κ3) is 13.2. The molecule has 5 atom stereocenters. The molecule has 1 aliphatic rings. The highest BCUT2D eigenvalue weighted by Crippen LogP contribution is 2.32. The minimum absolute atomic E-state index is 0.0193. The molecule has 0 bridgehead atoms. The fourth-order valence-corrected chi connectivity index (χ4v) is 4.77. The van der Waals surface area contributed by atoms with Crippen LogP contribution in [0.4, 0.5) is 4.79 Å². The van der Waals surface area contributed by atoms with Crippen molar-refractivity contribution in [1.29, 1.82) is 0 Å². The van der Waals surface area contributed by atoms with E-state index in [1.165, 1.54) is 20.3 Å². The second-order valence-electron chi connectivity index (χ2n) is 10.8. The summed E-state index contributed by atoms with van der Waals surface area (Å²) in [7, 11) is 0. The number of ether oxygens (including phenoxy) is 1. The van der Waals surface area contributed by atoms with Gasteiger partial charge in [0.25, 0.3) is 0 Å². The first kappa shape index (κ1) is 35.6. The molecular weight excluding hydrogens is 540 g/mol. The molecule has 3 unspecified atom stereocenters. The fraction of sp³-hybridized carbons (Fsp3) is 0.778. The number of aliphatic carboxylic acids is 3. The van der Waals surface area contributed by atoms with Gasteiger partial charge in [0.05, 0.1) is 0 Å². The van der Waals surface area contributed by atoms with Gasteiger partial charge in [-0.3, -0.25) is 19.2 Å². The van der Waals surface area contributed by atoms with Gasteiger partial charge in [-0.25, -0.2) is 9.59 Å². The van der Waals surface area contributed by atoms with Gasteiger partial charge in [0, 0.05) is 5.92 Å². The SMILES string of the molecule is CCCCCC1CCC(C(=O)NC(C(=O)O)C(C)OC(=O)N[C@H](CCCC(N)C(=O)O)C(=O)N[C@H](C)C(=O)O)CC1. The quantitative estimate of drug-likeness (QED) is 0.114. The van der Waals surface area contributed by atoms with Gasteiger partial charge in [0.15, 0.2) is 6.04 Å². The van der Waals surface area contributed by atoms with Gasteiger partial charge in [-0.1, -0.05) is 32.6 Å². The molecule has 8 N–H and O–H groups in total. The van der Waals surface area contributed by atoms with Crippen LogP contribution in [-0.4, -0.2) is 81.4 Å². The number of carbonyl (C=O) groups is 6. The third-order valence-corrected chi connectivity index (χ3v) is 7.42. The van der Waals surface area contributed by atoms with E-state index in [0.29, 0.717) is 18.8 Å². The summed E-state index contributed by atoms with van der Waals surface area (Å²) in [5, 5.41) is 34.6. The molecule has 1 saturated carbocycles. The van der Waals surface area contributed by atoms with Crippen molar-refractivity contribution in [3.05, 3.63) is 0 Å². The van der Waals surface area contributed by atoms with Crippen LogP contribution in [0.5, 0.6) is 0 Å². The molecule has 14 nitrogen and oxygen atoms in total. The van der Waals surface area contributed by atoms with Crippen LogP contribution in [0.15, 0.2) is 0 Å². The van der Waals surface area contributed by atoms with Crippen LogP contribution >= 0.6 is 0 Å². The molecule has 14 heteroatoms. The first-order valence-electron chi connectivity index (χ1n) is 14.3. The van der Waals surface area contributed by atoms with Gasteiger partial charge >= 0.3 is 24.0 Å². The summed E-state index contributed by atoms with van der Waals surface area (Å²) in [5.74, 6) is -5.01. The Morgan fingerprint density at radius 3 is 2.00 bits per heavy atom. The summed E-state index contributed by atoms with van der Waals surface area (Å²) in [4.78, 5) is 72.0. The molecule has 1 rings (SSSR count). The van der Waals surface area contributed by atoms with Crippen molar-refractivity contribution in [3.63, 3.8) is 0 Å². The smallest absolute Gasteiger partial charge is 0.408 e. The Hall–Kier alpha value is -3.42. The molecule has 1 aliphatic carbocycles. The summed E-state index contributed by atoms with van der Waals surface area (Å²) >= 11 is 0. The lowest BCUT2D eigenvalue weighted by Crippen LogP contribution is -2.54. The minimum Gasteiger partial charge on any atom is -0.480 e. The van der Waals surface area contributed by atoms with E-state index in [9.17, 15) is 33.9 Å². The number of carboxylic acid groups (broad SMARTS) is 3. The molecule has 0 saturated heterocycles. The standard InChI is InChI=1S/C27H46N4O10/c1-4-5-6-8-17-11-13-18(14-12-17)22(32)31-21(26(38)39)16(3)41-27(40)30-20(10-7-9-19(28)25(36)37)23(33)29-15(2)24(34)35/h15-21H,4-14,28H2,1-3H3,(H,29,33)(H,30,40)(H,31,32)(H,34,35)(H,36,37)(H,38,39)/t15-,16?,17?,18?,19?,20-,21?/m1/s1. The summed E-state index contributed by atoms with van der Waals surface area (Å²) < 4.78 is 5.17. The van der Waals surface area contributed by atoms with Crippen LogP contribution in [0, 0.1) is 11.8 Å². The van der Waals surface area contributed by atoms with E-state index < -0.39 is 66.1 Å². The Bertz CT molecular complexity index is 907. The third-order valence-electron chi connectivity index (χ3n) is 7.42. The zero-order valence-corrected chi connectivity index (χ0v) is 24.1. The number of alkyl carbamates (subject to hydrolysis) is 1. The van der Waals surface area contributed by atoms with Crippen molar-refractivity contribution in [1.82, 2.24) is 16.0 Å². The zero-order valence-electron chi connectivity index (χ0n) is 24.1. The van der Waals surface area contributed by atoms with E-state index in [0.717, 1.165) is 32.1 Å². The van der Waals surface area contributed by atoms with Crippen molar-refractivity contribution in [2.24, 2.45) is 17.6 Å². The Kier molecular flexibility index (Phi) is 15.7. The molecule has 0 aliphatic heterocycles. The molecular formula is C27H46N4O10. The average Bonchev–Trinajstić information content (AvgIpc) is 2.90. The monoisotopic (exact) mass is 586 g/mol. The molecule has 41 heavy (non-hydrogen) atoms. The summed E-state index contributed by atoms with van der Waals surface area (Å²) in [5.41, 5.74) is 5.47. The molecule has 0 radical (unpaired) electrons. The zero-order chi connectivity index (χ0) is 31.1. The maximum Gasteiger partial charge on any atom is 0.408 e. The van der Waals surface area contributed by atoms with Crippen LogP contribution in [-0.2, 0) is 28.7 Å². The minimum atomic E-state index is -1.54. The molecule has 3 amide bonds. The summed E-state index contributed by atoms with van der Waals surface area (Å²) in [6, 6.07) is -5.33. The maximum absolute atomic E-state index is 12.8. The first-order chi connectivity index (χ1) is 19.3. The van der Waals surface area contributed by atoms with E-state index in [2.05, 4.69) is 22.9 Å². The van der Waals surface area contributed by atoms with E-state index in [-0.39, 0.29) is 25.2 Å². The predicted molar refractivity (Wildman–Crippen MR) is 147 cm³/mol. The number of unbranched alkanes of at least 4 members (excludes halogenated alkanes) is 2. The van der Waals surface area contributed by atoms with Gasteiger partial charge in [-0.2, -0.15) is 0 Å². The van der Waals surface area contributed by atoms with E-state index in [4.69, 9.17) is 20.7 Å². The molecule has 0 aromatic carbocycles. The lowest BCUT2D eigenvalue weighted by molar-refractivity contribution is -0.145. The second kappa shape index (κ2) is 18.1. The Balaban J connectivity index is 2.75. The van der Waals surface area contributed by atoms with E-state index >= 15 is 0 Å². The van der Waals surface area contributed by atoms with Gasteiger partial charge in [-0.05, 0) is 64.7 Å². The van der Waals surface area contributed by atoms with E-state index in [1.807, 2.05) is 0 Å². The molecule has 0 aromatic rings. The number of amides is 3. The van der Waals surface area contributed by atoms with Crippen LogP contribution in [0.1, 0.15) is 91.4 Å². The predicted octanol–water partition coefficient (Wildman–Crippen LogP) is 1.60. The second-order valence-corrected chi connectivity index (χ2v) is 10.8. The Labute approximate surface area is 240 Å². The summed E-state index contributed by atoms with van der Waals surface area (Å²) in [6.45, 7) is 4.65. The first-order valence-corrected chi connectivity index (χ1v) is 14.3. The van der Waals surface area contributed by atoms with Crippen LogP contribution in [0.3, 0.4) is 0 Å². The molecule has 0 spiro atoms. The van der Waals surface area contributed by atoms with Crippen molar-refractivity contribution >= 4 is 35.8 Å². The van der Waals surface area contributed by atoms with Gasteiger partial charge in [-0.15, -0.1) is 0 Å². The Morgan fingerprint density at radius 2 is 1.46 bits per heavy atom. The van der Waals surface area contributed by atoms with Crippen molar-refractivity contribution in [3.8, 4) is 0 Å². The van der Waals surface area contributed by atoms with Crippen LogP contribution in [0.25, 0.3) is 0 Å². The molecule has 0 aromatic heterocycles. The fourth-order valence-electron chi connectivity index (χ4n) is 4.77. The number of hydrogen-bond donors (Lipinski definition) is 7. The largest absolute Gasteiger partial charge is 0.480 e. The number of carbonyl (C=O) groups excluding carboxylic acids is 3. The summed E-state index contributed by atoms with van der Waals surface area (Å²) in [6.07, 6.45) is 5.21.